The van der Waals surface area contributed by atoms with Crippen LogP contribution in [0.2, 0.25) is 0 Å². The van der Waals surface area contributed by atoms with E-state index in [2.05, 4.69) is 26.1 Å². The second-order valence-corrected chi connectivity index (χ2v) is 4.68. The lowest BCUT2D eigenvalue weighted by Gasteiger charge is -2.21. The number of benzene rings is 1. The Balaban J connectivity index is 2.86. The molecule has 3 heteroatoms. The smallest absolute Gasteiger partial charge is 0.161 e. The molecule has 0 bridgehead atoms. The first-order chi connectivity index (χ1) is 7.95. The molecule has 0 radical (unpaired) electrons. The van der Waals surface area contributed by atoms with Crippen LogP contribution in [0.15, 0.2) is 18.2 Å². The summed E-state index contributed by atoms with van der Waals surface area (Å²) in [6, 6.07) is 5.91. The molecule has 94 valence electrons. The predicted molar refractivity (Wildman–Crippen MR) is 73.4 cm³/mol. The fourth-order valence-corrected chi connectivity index (χ4v) is 1.71. The van der Waals surface area contributed by atoms with Crippen LogP contribution in [0.1, 0.15) is 44.5 Å². The number of nitrogens with one attached hydrogen (secondary N) is 1. The average Bonchev–Trinajstić information content (AvgIpc) is 2.30. The number of anilines is 2. The highest BCUT2D eigenvalue weighted by Crippen LogP contribution is 2.20. The SMILES string of the molecule is CCC(C)C(C)Nc1ccc(N)c(C(C)=O)c1. The van der Waals surface area contributed by atoms with Gasteiger partial charge >= 0.3 is 0 Å². The zero-order valence-electron chi connectivity index (χ0n) is 11.1. The molecule has 1 rings (SSSR count). The van der Waals surface area contributed by atoms with Crippen LogP contribution in [-0.2, 0) is 0 Å². The van der Waals surface area contributed by atoms with Gasteiger partial charge in [0.2, 0.25) is 0 Å². The summed E-state index contributed by atoms with van der Waals surface area (Å²) in [6.45, 7) is 8.07. The number of nitrogens with two attached hydrogens (primary N) is 1. The van der Waals surface area contributed by atoms with E-state index < -0.39 is 0 Å². The first-order valence-corrected chi connectivity index (χ1v) is 6.12. The summed E-state index contributed by atoms with van der Waals surface area (Å²) in [6.07, 6.45) is 1.13. The molecule has 3 nitrogen and oxygen atoms in total. The van der Waals surface area contributed by atoms with Crippen LogP contribution in [0.5, 0.6) is 0 Å². The number of ketones is 1. The van der Waals surface area contributed by atoms with E-state index in [0.717, 1.165) is 12.1 Å². The minimum atomic E-state index is 0.00217. The number of carbonyl (C=O) groups is 1. The molecular weight excluding hydrogens is 212 g/mol. The average molecular weight is 234 g/mol. The van der Waals surface area contributed by atoms with Crippen molar-refractivity contribution in [1.29, 1.82) is 0 Å². The standard InChI is InChI=1S/C14H22N2O/c1-5-9(2)10(3)16-12-6-7-14(15)13(8-12)11(4)17/h6-10,16H,5,15H2,1-4H3. The van der Waals surface area contributed by atoms with E-state index in [1.54, 1.807) is 6.07 Å². The maximum Gasteiger partial charge on any atom is 0.161 e. The molecule has 0 aliphatic rings. The minimum absolute atomic E-state index is 0.00217. The number of carbonyl (C=O) groups excluding carboxylic acids is 1. The number of rotatable bonds is 5. The van der Waals surface area contributed by atoms with Gasteiger partial charge in [0.15, 0.2) is 5.78 Å². The Morgan fingerprint density at radius 3 is 2.59 bits per heavy atom. The van der Waals surface area contributed by atoms with Crippen LogP contribution in [-0.4, -0.2) is 11.8 Å². The highest BCUT2D eigenvalue weighted by atomic mass is 16.1. The Labute approximate surface area is 103 Å². The molecule has 0 aromatic heterocycles. The third-order valence-corrected chi connectivity index (χ3v) is 3.32. The summed E-state index contributed by atoms with van der Waals surface area (Å²) in [5, 5.41) is 3.41. The van der Waals surface area contributed by atoms with Crippen molar-refractivity contribution in [3.05, 3.63) is 23.8 Å². The fourth-order valence-electron chi connectivity index (χ4n) is 1.71. The monoisotopic (exact) mass is 234 g/mol. The van der Waals surface area contributed by atoms with Crippen molar-refractivity contribution in [2.24, 2.45) is 5.92 Å². The molecule has 3 N–H and O–H groups in total. The van der Waals surface area contributed by atoms with Crippen molar-refractivity contribution in [2.75, 3.05) is 11.1 Å². The topological polar surface area (TPSA) is 55.1 Å². The number of hydrogen-bond donors (Lipinski definition) is 2. The number of Topliss-reactive ketones (excluding diaryl/α,β-unsaturated/α-hetero) is 1. The minimum Gasteiger partial charge on any atom is -0.398 e. The van der Waals surface area contributed by atoms with Crippen LogP contribution >= 0.6 is 0 Å². The summed E-state index contributed by atoms with van der Waals surface area (Å²) in [7, 11) is 0. The van der Waals surface area contributed by atoms with Gasteiger partial charge in [-0.2, -0.15) is 0 Å². The van der Waals surface area contributed by atoms with Gasteiger partial charge in [0.05, 0.1) is 0 Å². The van der Waals surface area contributed by atoms with Gasteiger partial charge in [0, 0.05) is 23.0 Å². The first-order valence-electron chi connectivity index (χ1n) is 6.12. The molecule has 1 aromatic rings. The van der Waals surface area contributed by atoms with E-state index in [4.69, 9.17) is 5.73 Å². The molecule has 0 fully saturated rings. The Hall–Kier alpha value is -1.51. The zero-order valence-corrected chi connectivity index (χ0v) is 11.1. The third-order valence-electron chi connectivity index (χ3n) is 3.32. The molecule has 0 aliphatic heterocycles. The van der Waals surface area contributed by atoms with Gasteiger partial charge < -0.3 is 11.1 Å². The third kappa shape index (κ3) is 3.48. The van der Waals surface area contributed by atoms with Gasteiger partial charge in [-0.3, -0.25) is 4.79 Å². The second-order valence-electron chi connectivity index (χ2n) is 4.68. The predicted octanol–water partition coefficient (Wildman–Crippen LogP) is 3.32. The molecular formula is C14H22N2O. The molecule has 0 saturated carbocycles. The second kappa shape index (κ2) is 5.71. The van der Waals surface area contributed by atoms with E-state index in [9.17, 15) is 4.79 Å². The Bertz CT molecular complexity index is 401. The Kier molecular flexibility index (Phi) is 4.55. The van der Waals surface area contributed by atoms with E-state index in [1.807, 2.05) is 12.1 Å². The molecule has 0 aliphatic carbocycles. The Morgan fingerprint density at radius 1 is 1.41 bits per heavy atom. The quantitative estimate of drug-likeness (QED) is 0.607. The Morgan fingerprint density at radius 2 is 2.06 bits per heavy atom. The molecule has 0 saturated heterocycles. The van der Waals surface area contributed by atoms with Crippen LogP contribution < -0.4 is 11.1 Å². The lowest BCUT2D eigenvalue weighted by atomic mass is 10.00. The van der Waals surface area contributed by atoms with Crippen molar-refractivity contribution < 1.29 is 4.79 Å². The maximum atomic E-state index is 11.4. The zero-order chi connectivity index (χ0) is 13.0. The van der Waals surface area contributed by atoms with Crippen LogP contribution in [0.3, 0.4) is 0 Å². The van der Waals surface area contributed by atoms with Crippen molar-refractivity contribution in [1.82, 2.24) is 0 Å². The highest BCUT2D eigenvalue weighted by molar-refractivity contribution is 6.00. The fraction of sp³-hybridized carbons (Fsp3) is 0.500. The summed E-state index contributed by atoms with van der Waals surface area (Å²) in [4.78, 5) is 11.4. The van der Waals surface area contributed by atoms with Gasteiger partial charge in [-0.05, 0) is 38.0 Å². The van der Waals surface area contributed by atoms with Gasteiger partial charge in [0.1, 0.15) is 0 Å². The van der Waals surface area contributed by atoms with Crippen molar-refractivity contribution in [3.63, 3.8) is 0 Å². The lowest BCUT2D eigenvalue weighted by Crippen LogP contribution is -2.23. The molecule has 0 heterocycles. The van der Waals surface area contributed by atoms with E-state index in [-0.39, 0.29) is 5.78 Å². The molecule has 17 heavy (non-hydrogen) atoms. The van der Waals surface area contributed by atoms with Gasteiger partial charge in [0.25, 0.3) is 0 Å². The summed E-state index contributed by atoms with van der Waals surface area (Å²) >= 11 is 0. The molecule has 0 spiro atoms. The summed E-state index contributed by atoms with van der Waals surface area (Å²) in [5.41, 5.74) is 7.84. The van der Waals surface area contributed by atoms with Crippen molar-refractivity contribution >= 4 is 17.2 Å². The van der Waals surface area contributed by atoms with Gasteiger partial charge in [-0.15, -0.1) is 0 Å². The van der Waals surface area contributed by atoms with Crippen LogP contribution in [0.25, 0.3) is 0 Å². The van der Waals surface area contributed by atoms with Gasteiger partial charge in [-0.1, -0.05) is 20.3 Å². The molecule has 2 atom stereocenters. The molecule has 2 unspecified atom stereocenters. The first kappa shape index (κ1) is 13.6. The van der Waals surface area contributed by atoms with Crippen LogP contribution in [0.4, 0.5) is 11.4 Å². The maximum absolute atomic E-state index is 11.4. The van der Waals surface area contributed by atoms with E-state index in [0.29, 0.717) is 23.2 Å². The van der Waals surface area contributed by atoms with Crippen molar-refractivity contribution in [2.45, 2.75) is 40.2 Å². The lowest BCUT2D eigenvalue weighted by molar-refractivity contribution is 0.101. The molecule has 0 amide bonds. The van der Waals surface area contributed by atoms with E-state index in [1.165, 1.54) is 6.92 Å². The summed E-state index contributed by atoms with van der Waals surface area (Å²) < 4.78 is 0. The number of nitrogen functional groups attached to an aromatic ring is 1. The van der Waals surface area contributed by atoms with E-state index >= 15 is 0 Å². The normalized spacial score (nSPS) is 14.1. The van der Waals surface area contributed by atoms with Crippen LogP contribution in [0, 0.1) is 5.92 Å². The highest BCUT2D eigenvalue weighted by Gasteiger charge is 2.11. The summed E-state index contributed by atoms with van der Waals surface area (Å²) in [5.74, 6) is 0.593. The molecule has 1 aromatic carbocycles. The van der Waals surface area contributed by atoms with Crippen molar-refractivity contribution in [3.8, 4) is 0 Å². The van der Waals surface area contributed by atoms with Gasteiger partial charge in [-0.25, -0.2) is 0 Å². The largest absolute Gasteiger partial charge is 0.398 e. The number of hydrogen-bond acceptors (Lipinski definition) is 3.